The first-order valence-electron chi connectivity index (χ1n) is 12.6. The van der Waals surface area contributed by atoms with Crippen molar-refractivity contribution in [2.45, 2.75) is 46.1 Å². The topological polar surface area (TPSA) is 111 Å². The van der Waals surface area contributed by atoms with Gasteiger partial charge in [-0.1, -0.05) is 42.0 Å². The third kappa shape index (κ3) is 6.40. The largest absolute Gasteiger partial charge is 0.403 e. The molecule has 1 aliphatic rings. The Kier molecular flexibility index (Phi) is 8.48. The minimum absolute atomic E-state index is 0.117. The molecule has 9 heteroatoms. The first-order chi connectivity index (χ1) is 18.1. The summed E-state index contributed by atoms with van der Waals surface area (Å²) in [7, 11) is -2.47. The van der Waals surface area contributed by atoms with E-state index in [4.69, 9.17) is 14.6 Å². The van der Waals surface area contributed by atoms with E-state index in [0.29, 0.717) is 36.3 Å². The quantitative estimate of drug-likeness (QED) is 0.359. The predicted molar refractivity (Wildman–Crippen MR) is 149 cm³/mol. The normalized spacial score (nSPS) is 16.8. The lowest BCUT2D eigenvalue weighted by Gasteiger charge is -2.26. The van der Waals surface area contributed by atoms with Crippen LogP contribution in [0.5, 0.6) is 0 Å². The smallest absolute Gasteiger partial charge is 0.326 e. The lowest BCUT2D eigenvalue weighted by Crippen LogP contribution is -2.32. The molecule has 38 heavy (non-hydrogen) atoms. The first-order valence-corrected chi connectivity index (χ1v) is 14.2. The van der Waals surface area contributed by atoms with Crippen LogP contribution in [0.15, 0.2) is 60.7 Å². The maximum absolute atomic E-state index is 13.8. The molecule has 3 N–H and O–H groups in total. The van der Waals surface area contributed by atoms with E-state index >= 15 is 0 Å². The first kappa shape index (κ1) is 27.7. The van der Waals surface area contributed by atoms with E-state index in [1.54, 1.807) is 17.0 Å². The highest BCUT2D eigenvalue weighted by Crippen LogP contribution is 2.48. The molecule has 3 aromatic carbocycles. The van der Waals surface area contributed by atoms with Crippen molar-refractivity contribution in [3.8, 4) is 0 Å². The maximum Gasteiger partial charge on any atom is 0.403 e. The number of nitrogens with zero attached hydrogens (tertiary/aromatic N) is 1. The van der Waals surface area contributed by atoms with E-state index < -0.39 is 13.9 Å². The van der Waals surface area contributed by atoms with Gasteiger partial charge in [0.2, 0.25) is 5.91 Å². The highest BCUT2D eigenvalue weighted by molar-refractivity contribution is 7.51. The van der Waals surface area contributed by atoms with Crippen molar-refractivity contribution in [1.29, 1.82) is 0 Å². The minimum Gasteiger partial charge on any atom is -0.326 e. The summed E-state index contributed by atoms with van der Waals surface area (Å²) < 4.78 is 22.9. The highest BCUT2D eigenvalue weighted by atomic mass is 31.2. The Bertz CT molecular complexity index is 1410. The Hall–Kier alpha value is -3.29. The number of benzene rings is 3. The van der Waals surface area contributed by atoms with Gasteiger partial charge in [-0.25, -0.2) is 10.1 Å². The molecule has 3 aromatic rings. The lowest BCUT2D eigenvalue weighted by molar-refractivity contribution is -0.115. The van der Waals surface area contributed by atoms with Crippen molar-refractivity contribution in [2.75, 3.05) is 23.9 Å². The van der Waals surface area contributed by atoms with Gasteiger partial charge < -0.3 is 14.7 Å². The molecule has 0 saturated heterocycles. The molecular weight excluding hydrogens is 501 g/mol. The summed E-state index contributed by atoms with van der Waals surface area (Å²) in [6.07, 6.45) is 0.874. The van der Waals surface area contributed by atoms with Gasteiger partial charge in [0.05, 0.1) is 12.5 Å². The molecule has 2 atom stereocenters. The van der Waals surface area contributed by atoms with Crippen molar-refractivity contribution in [3.05, 3.63) is 94.0 Å². The third-order valence-corrected chi connectivity index (χ3v) is 7.85. The zero-order valence-electron chi connectivity index (χ0n) is 22.2. The van der Waals surface area contributed by atoms with Crippen molar-refractivity contribution < 1.29 is 23.2 Å². The number of carbonyl (C=O) groups is 2. The molecule has 8 nitrogen and oxygen atoms in total. The van der Waals surface area contributed by atoms with Gasteiger partial charge in [-0.2, -0.15) is 0 Å². The van der Waals surface area contributed by atoms with Gasteiger partial charge >= 0.3 is 7.75 Å². The monoisotopic (exact) mass is 535 g/mol. The second-order valence-electron chi connectivity index (χ2n) is 9.66. The number of hydrogen-bond donors (Lipinski definition) is 2. The minimum atomic E-state index is -3.72. The molecule has 1 heterocycles. The number of aryl methyl sites for hydroxylation is 3. The van der Waals surface area contributed by atoms with Gasteiger partial charge in [-0.3, -0.25) is 14.1 Å². The van der Waals surface area contributed by atoms with Gasteiger partial charge in [0, 0.05) is 36.2 Å². The number of anilines is 2. The van der Waals surface area contributed by atoms with Gasteiger partial charge in [0.15, 0.2) is 0 Å². The average molecular weight is 536 g/mol. The van der Waals surface area contributed by atoms with E-state index in [1.807, 2.05) is 69.3 Å². The fraction of sp³-hybridized carbons (Fsp3) is 0.310. The molecule has 200 valence electrons. The molecular formula is C29H34N3O5P. The second kappa shape index (κ2) is 11.6. The zero-order chi connectivity index (χ0) is 27.4. The maximum atomic E-state index is 13.8. The van der Waals surface area contributed by atoms with E-state index in [0.717, 1.165) is 27.8 Å². The van der Waals surface area contributed by atoms with Gasteiger partial charge in [0.1, 0.15) is 0 Å². The number of rotatable bonds is 7. The fourth-order valence-corrected chi connectivity index (χ4v) is 5.40. The SMILES string of the molecule is COP(N)(=O)OC1CCCN(C(=O)c2ccc(NC(=O)Cc3ccccc3C)cc2C)c2ccc(C)cc21. The summed E-state index contributed by atoms with van der Waals surface area (Å²) in [5.41, 5.74) is 12.1. The third-order valence-electron chi connectivity index (χ3n) is 6.80. The molecule has 4 rings (SSSR count). The van der Waals surface area contributed by atoms with Gasteiger partial charge in [-0.15, -0.1) is 0 Å². The summed E-state index contributed by atoms with van der Waals surface area (Å²) in [5, 5.41) is 2.94. The van der Waals surface area contributed by atoms with Crippen LogP contribution in [0.2, 0.25) is 0 Å². The Balaban J connectivity index is 1.56. The number of hydrogen-bond acceptors (Lipinski definition) is 5. The zero-order valence-corrected chi connectivity index (χ0v) is 23.1. The van der Waals surface area contributed by atoms with Crippen molar-refractivity contribution in [1.82, 2.24) is 0 Å². The molecule has 0 saturated carbocycles. The molecule has 1 aliphatic heterocycles. The Labute approximate surface area is 223 Å². The summed E-state index contributed by atoms with van der Waals surface area (Å²) in [4.78, 5) is 28.1. The molecule has 0 bridgehead atoms. The molecule has 2 amide bonds. The second-order valence-corrected chi connectivity index (χ2v) is 11.3. The summed E-state index contributed by atoms with van der Waals surface area (Å²) in [6.45, 7) is 6.25. The van der Waals surface area contributed by atoms with Crippen LogP contribution in [-0.2, 0) is 24.8 Å². The molecule has 0 spiro atoms. The Morgan fingerprint density at radius 3 is 2.53 bits per heavy atom. The van der Waals surface area contributed by atoms with E-state index in [9.17, 15) is 14.2 Å². The molecule has 2 unspecified atom stereocenters. The van der Waals surface area contributed by atoms with E-state index in [2.05, 4.69) is 5.32 Å². The summed E-state index contributed by atoms with van der Waals surface area (Å²) >= 11 is 0. The van der Waals surface area contributed by atoms with Crippen LogP contribution in [0.1, 0.15) is 57.1 Å². The molecule has 0 fully saturated rings. The molecule has 0 aliphatic carbocycles. The Morgan fingerprint density at radius 2 is 1.82 bits per heavy atom. The summed E-state index contributed by atoms with van der Waals surface area (Å²) in [5.74, 6) is -0.275. The standard InChI is InChI=1S/C29H34N3O5P/c1-19-11-14-26-25(16-19)27(37-38(30,35)36-4)10-7-15-32(26)29(34)24-13-12-23(17-21(24)3)31-28(33)18-22-9-6-5-8-20(22)2/h5-6,8-9,11-14,16-17,27H,7,10,15,18H2,1-4H3,(H2,30,35)(H,31,33). The van der Waals surface area contributed by atoms with E-state index in [-0.39, 0.29) is 18.2 Å². The average Bonchev–Trinajstić information content (AvgIpc) is 3.04. The van der Waals surface area contributed by atoms with Crippen LogP contribution in [0, 0.1) is 20.8 Å². The summed E-state index contributed by atoms with van der Waals surface area (Å²) in [6, 6.07) is 18.8. The van der Waals surface area contributed by atoms with Gasteiger partial charge in [0.25, 0.3) is 5.91 Å². The van der Waals surface area contributed by atoms with Crippen molar-refractivity contribution in [2.24, 2.45) is 5.50 Å². The number of nitrogens with two attached hydrogens (primary N) is 1. The molecule has 0 aromatic heterocycles. The lowest BCUT2D eigenvalue weighted by atomic mass is 10.0. The number of carbonyl (C=O) groups excluding carboxylic acids is 2. The van der Waals surface area contributed by atoms with Crippen LogP contribution in [-0.4, -0.2) is 25.5 Å². The number of nitrogens with one attached hydrogen (secondary N) is 1. The van der Waals surface area contributed by atoms with E-state index in [1.165, 1.54) is 7.11 Å². The van der Waals surface area contributed by atoms with Crippen LogP contribution in [0.3, 0.4) is 0 Å². The predicted octanol–water partition coefficient (Wildman–Crippen LogP) is 6.00. The highest BCUT2D eigenvalue weighted by Gasteiger charge is 2.32. The fourth-order valence-electron chi connectivity index (χ4n) is 4.74. The Morgan fingerprint density at radius 1 is 1.05 bits per heavy atom. The van der Waals surface area contributed by atoms with Crippen LogP contribution < -0.4 is 15.7 Å². The van der Waals surface area contributed by atoms with Crippen LogP contribution in [0.4, 0.5) is 11.4 Å². The van der Waals surface area contributed by atoms with Crippen LogP contribution in [0.25, 0.3) is 0 Å². The van der Waals surface area contributed by atoms with Crippen molar-refractivity contribution >= 4 is 30.9 Å². The van der Waals surface area contributed by atoms with Crippen LogP contribution >= 0.6 is 7.75 Å². The number of fused-ring (bicyclic) bond motifs is 1. The van der Waals surface area contributed by atoms with Gasteiger partial charge in [-0.05, 0) is 74.6 Å². The molecule has 0 radical (unpaired) electrons. The van der Waals surface area contributed by atoms with Crippen molar-refractivity contribution in [3.63, 3.8) is 0 Å². The number of amides is 2.